The second-order valence-corrected chi connectivity index (χ2v) is 13.9. The molecular formula is C25H31F5N6O3S. The lowest BCUT2D eigenvalue weighted by atomic mass is 9.88. The van der Waals surface area contributed by atoms with Crippen molar-refractivity contribution in [1.29, 1.82) is 0 Å². The molecule has 0 saturated carbocycles. The van der Waals surface area contributed by atoms with E-state index in [1.807, 2.05) is 0 Å². The number of alkyl halides is 4. The van der Waals surface area contributed by atoms with Gasteiger partial charge in [-0.1, -0.05) is 6.42 Å². The van der Waals surface area contributed by atoms with Gasteiger partial charge in [-0.05, 0) is 68.0 Å². The molecule has 0 aliphatic carbocycles. The van der Waals surface area contributed by atoms with Crippen molar-refractivity contribution in [2.45, 2.75) is 67.9 Å². The van der Waals surface area contributed by atoms with Crippen molar-refractivity contribution in [2.75, 3.05) is 18.5 Å². The average molecular weight is 591 g/mol. The topological polar surface area (TPSA) is 132 Å². The van der Waals surface area contributed by atoms with E-state index in [1.54, 1.807) is 20.8 Å². The minimum absolute atomic E-state index is 0.0451. The Balaban J connectivity index is 1.59. The third kappa shape index (κ3) is 5.28. The van der Waals surface area contributed by atoms with Crippen LogP contribution in [0.2, 0.25) is 0 Å². The number of hydrogen-bond acceptors (Lipinski definition) is 7. The third-order valence-corrected chi connectivity index (χ3v) is 11.7. The number of amides is 1. The lowest BCUT2D eigenvalue weighted by Crippen LogP contribution is -2.67. The Labute approximate surface area is 228 Å². The van der Waals surface area contributed by atoms with Crippen LogP contribution in [0.5, 0.6) is 5.75 Å². The predicted octanol–water partition coefficient (Wildman–Crippen LogP) is 3.59. The average Bonchev–Trinajstić information content (AvgIpc) is 3.11. The highest BCUT2D eigenvalue weighted by molar-refractivity contribution is 8.03. The highest BCUT2D eigenvalue weighted by Gasteiger charge is 2.57. The molecule has 4 rings (SSSR count). The van der Waals surface area contributed by atoms with Gasteiger partial charge in [-0.15, -0.1) is 0 Å². The molecule has 2 aromatic heterocycles. The van der Waals surface area contributed by atoms with E-state index in [9.17, 15) is 26.6 Å². The molecule has 220 valence electrons. The summed E-state index contributed by atoms with van der Waals surface area (Å²) in [7, 11) is -3.25. The van der Waals surface area contributed by atoms with Crippen molar-refractivity contribution in [3.8, 4) is 5.75 Å². The number of halogens is 5. The molecule has 1 amide bonds. The summed E-state index contributed by atoms with van der Waals surface area (Å²) >= 11 is 0. The highest BCUT2D eigenvalue weighted by atomic mass is 32.3. The van der Waals surface area contributed by atoms with Crippen LogP contribution in [0.15, 0.2) is 35.5 Å². The first-order chi connectivity index (χ1) is 18.6. The Morgan fingerprint density at radius 2 is 1.98 bits per heavy atom. The van der Waals surface area contributed by atoms with Crippen molar-refractivity contribution in [1.82, 2.24) is 14.7 Å². The van der Waals surface area contributed by atoms with Crippen LogP contribution < -0.4 is 20.5 Å². The van der Waals surface area contributed by atoms with Gasteiger partial charge >= 0.3 is 12.3 Å². The summed E-state index contributed by atoms with van der Waals surface area (Å²) in [5.41, 5.74) is 4.61. The van der Waals surface area contributed by atoms with Crippen LogP contribution in [0.4, 0.5) is 27.8 Å². The molecule has 0 radical (unpaired) electrons. The fourth-order valence-electron chi connectivity index (χ4n) is 4.95. The molecule has 0 unspecified atom stereocenters. The molecule has 0 bridgehead atoms. The van der Waals surface area contributed by atoms with E-state index in [1.165, 1.54) is 6.07 Å². The third-order valence-electron chi connectivity index (χ3n) is 7.44. The summed E-state index contributed by atoms with van der Waals surface area (Å²) in [6.45, 7) is 4.11. The number of pyridine rings is 2. The molecule has 2 aliphatic heterocycles. The molecule has 2 atom stereocenters. The number of aromatic nitrogens is 2. The minimum atomic E-state index is -4.35. The van der Waals surface area contributed by atoms with Crippen LogP contribution in [0.3, 0.4) is 0 Å². The van der Waals surface area contributed by atoms with Crippen LogP contribution in [0, 0.1) is 5.82 Å². The number of carbonyl (C=O) groups is 1. The van der Waals surface area contributed by atoms with Gasteiger partial charge in [0.15, 0.2) is 6.61 Å². The second kappa shape index (κ2) is 10.7. The molecule has 1 saturated heterocycles. The van der Waals surface area contributed by atoms with E-state index in [2.05, 4.69) is 29.7 Å². The molecule has 15 heteroatoms. The quantitative estimate of drug-likeness (QED) is 0.288. The van der Waals surface area contributed by atoms with Crippen LogP contribution in [0.25, 0.3) is 0 Å². The maximum Gasteiger partial charge on any atom is 0.340 e. The van der Waals surface area contributed by atoms with Crippen molar-refractivity contribution in [3.05, 3.63) is 47.7 Å². The van der Waals surface area contributed by atoms with E-state index >= 15 is 4.39 Å². The molecule has 0 aromatic carbocycles. The summed E-state index contributed by atoms with van der Waals surface area (Å²) in [6.07, 6.45) is -0.941. The predicted molar refractivity (Wildman–Crippen MR) is 141 cm³/mol. The summed E-state index contributed by atoms with van der Waals surface area (Å²) in [4.78, 5) is 25.6. The van der Waals surface area contributed by atoms with Crippen LogP contribution in [-0.2, 0) is 15.7 Å². The van der Waals surface area contributed by atoms with Crippen molar-refractivity contribution in [2.24, 2.45) is 10.7 Å². The number of fused-ring (bicyclic) bond motifs is 1. The van der Waals surface area contributed by atoms with Crippen molar-refractivity contribution < 1.29 is 35.7 Å². The lowest BCUT2D eigenvalue weighted by Gasteiger charge is -2.53. The Kier molecular flexibility index (Phi) is 7.93. The first-order valence-corrected chi connectivity index (χ1v) is 14.3. The van der Waals surface area contributed by atoms with E-state index < -0.39 is 56.3 Å². The van der Waals surface area contributed by atoms with Crippen molar-refractivity contribution >= 4 is 27.7 Å². The Hall–Kier alpha value is -3.20. The van der Waals surface area contributed by atoms with E-state index in [0.29, 0.717) is 13.0 Å². The zero-order valence-electron chi connectivity index (χ0n) is 22.1. The normalized spacial score (nSPS) is 24.8. The molecule has 1 fully saturated rings. The maximum atomic E-state index is 15.3. The number of aliphatic imine (C=N–C) groups is 1. The smallest absolute Gasteiger partial charge is 0.340 e. The van der Waals surface area contributed by atoms with Gasteiger partial charge in [0, 0.05) is 6.54 Å². The van der Waals surface area contributed by atoms with Gasteiger partial charge in [0.05, 0.1) is 16.2 Å². The molecule has 0 spiro atoms. The number of amidine groups is 1. The van der Waals surface area contributed by atoms with Gasteiger partial charge in [-0.25, -0.2) is 23.1 Å². The molecule has 2 aliphatic rings. The Morgan fingerprint density at radius 1 is 1.25 bits per heavy atom. The Bertz CT molecular complexity index is 1360. The summed E-state index contributed by atoms with van der Waals surface area (Å²) < 4.78 is 87.3. The Morgan fingerprint density at radius 3 is 2.62 bits per heavy atom. The number of thiol groups is 1. The minimum Gasteiger partial charge on any atom is -0.485 e. The second-order valence-electron chi connectivity index (χ2n) is 10.5. The summed E-state index contributed by atoms with van der Waals surface area (Å²) in [6, 6.07) is 4.59. The molecule has 2 aromatic rings. The summed E-state index contributed by atoms with van der Waals surface area (Å²) in [5.74, 6) is -6.01. The zero-order valence-corrected chi connectivity index (χ0v) is 23.0. The number of ether oxygens (including phenoxy) is 1. The number of hydrogen-bond donors (Lipinski definition) is 4. The number of nitrogens with one attached hydrogen (secondary N) is 2. The summed E-state index contributed by atoms with van der Waals surface area (Å²) in [5, 5.41) is 1.88. The van der Waals surface area contributed by atoms with E-state index in [0.717, 1.165) is 37.2 Å². The monoisotopic (exact) mass is 590 g/mol. The number of anilines is 1. The van der Waals surface area contributed by atoms with Crippen LogP contribution in [-0.4, -0.2) is 61.4 Å². The van der Waals surface area contributed by atoms with Gasteiger partial charge in [-0.3, -0.25) is 18.7 Å². The number of carbonyl (C=O) groups excluding carboxylic acids is 1. The van der Waals surface area contributed by atoms with Gasteiger partial charge in [0.25, 0.3) is 5.91 Å². The highest BCUT2D eigenvalue weighted by Crippen LogP contribution is 2.47. The molecule has 40 heavy (non-hydrogen) atoms. The lowest BCUT2D eigenvalue weighted by molar-refractivity contribution is -0.148. The number of nitrogens with two attached hydrogens (primary N) is 1. The van der Waals surface area contributed by atoms with Gasteiger partial charge < -0.3 is 15.8 Å². The SMILES string of the molecule is CC1(C)C(N)=N[C@](C)(c2nc(NC(=O)c3ccc(OCC(F)(F)C(F)F)cn3)ccc2F)[C@H]2CCCCN[SH]21=O. The number of rotatable bonds is 7. The van der Waals surface area contributed by atoms with E-state index in [-0.39, 0.29) is 28.8 Å². The molecule has 4 N–H and O–H groups in total. The standard InChI is InChI=1S/C25H31F5N6O3S/c1-23(2)22(31)36-24(3,17-6-4-5-11-33-40(17,23)38)19-15(26)8-10-18(34-19)35-20(37)16-9-7-14(12-32-16)39-13-25(29,30)21(27)28/h7-10,12,17,21,40H,4-6,11,13H2,1-3H3,(H2,31,36)(H,33,38)(H,34,35,37)/t17-,24+/m1/s1. The fourth-order valence-corrected chi connectivity index (χ4v) is 8.66. The maximum absolute atomic E-state index is 15.3. The first-order valence-electron chi connectivity index (χ1n) is 12.6. The van der Waals surface area contributed by atoms with E-state index in [4.69, 9.17) is 5.73 Å². The first kappa shape index (κ1) is 29.8. The fraction of sp³-hybridized carbons (Fsp3) is 0.520. The molecule has 4 heterocycles. The molecule has 9 nitrogen and oxygen atoms in total. The van der Waals surface area contributed by atoms with Gasteiger partial charge in [0.1, 0.15) is 40.1 Å². The number of nitrogens with zero attached hydrogens (tertiary/aromatic N) is 3. The van der Waals surface area contributed by atoms with Gasteiger partial charge in [-0.2, -0.15) is 8.78 Å². The zero-order chi connectivity index (χ0) is 29.5. The molecular weight excluding hydrogens is 559 g/mol. The van der Waals surface area contributed by atoms with Gasteiger partial charge in [0.2, 0.25) is 0 Å². The largest absolute Gasteiger partial charge is 0.485 e. The van der Waals surface area contributed by atoms with Crippen molar-refractivity contribution in [3.63, 3.8) is 0 Å². The van der Waals surface area contributed by atoms with Crippen LogP contribution >= 0.6 is 0 Å². The van der Waals surface area contributed by atoms with Crippen LogP contribution in [0.1, 0.15) is 56.2 Å².